The average molecular weight is 267 g/mol. The van der Waals surface area contributed by atoms with E-state index in [1.54, 1.807) is 0 Å². The Morgan fingerprint density at radius 3 is 2.74 bits per heavy atom. The van der Waals surface area contributed by atoms with Crippen LogP contribution in [0.2, 0.25) is 0 Å². The van der Waals surface area contributed by atoms with Crippen LogP contribution in [0.1, 0.15) is 34.9 Å². The summed E-state index contributed by atoms with van der Waals surface area (Å²) in [6.45, 7) is 1.65. The summed E-state index contributed by atoms with van der Waals surface area (Å²) in [4.78, 5) is 22.6. The molecule has 0 saturated carbocycles. The number of aromatic carboxylic acids is 1. The lowest BCUT2D eigenvalue weighted by Crippen LogP contribution is -2.30. The second-order valence-corrected chi connectivity index (χ2v) is 4.48. The third kappa shape index (κ3) is 2.90. The number of carbonyl (C=O) groups excluding carboxylic acids is 1. The minimum absolute atomic E-state index is 0.00393. The van der Waals surface area contributed by atoms with Crippen molar-refractivity contribution >= 4 is 11.9 Å². The normalized spacial score (nSPS) is 16.3. The molecule has 1 aromatic heterocycles. The zero-order chi connectivity index (χ0) is 13.8. The number of amides is 1. The van der Waals surface area contributed by atoms with Gasteiger partial charge in [-0.2, -0.15) is 0 Å². The Labute approximate surface area is 110 Å². The summed E-state index contributed by atoms with van der Waals surface area (Å²) in [6, 6.07) is 0. The summed E-state index contributed by atoms with van der Waals surface area (Å²) in [6.07, 6.45) is 1.64. The number of carboxylic acid groups (broad SMARTS) is 1. The highest BCUT2D eigenvalue weighted by Crippen LogP contribution is 2.27. The van der Waals surface area contributed by atoms with Gasteiger partial charge in [-0.15, -0.1) is 5.10 Å². The van der Waals surface area contributed by atoms with Crippen molar-refractivity contribution < 1.29 is 14.7 Å². The average Bonchev–Trinajstić information content (AvgIpc) is 2.83. The maximum absolute atomic E-state index is 11.4. The number of nitrogens with one attached hydrogen (secondary N) is 2. The lowest BCUT2D eigenvalue weighted by molar-refractivity contribution is -0.121. The Hall–Kier alpha value is -1.96. The van der Waals surface area contributed by atoms with Gasteiger partial charge in [0.1, 0.15) is 6.54 Å². The van der Waals surface area contributed by atoms with E-state index < -0.39 is 5.97 Å². The second-order valence-electron chi connectivity index (χ2n) is 4.48. The zero-order valence-corrected chi connectivity index (χ0v) is 10.7. The van der Waals surface area contributed by atoms with E-state index >= 15 is 0 Å². The highest BCUT2D eigenvalue weighted by Gasteiger charge is 2.28. The Balaban J connectivity index is 2.32. The second kappa shape index (κ2) is 5.79. The van der Waals surface area contributed by atoms with Crippen LogP contribution in [0, 0.1) is 0 Å². The van der Waals surface area contributed by atoms with Crippen LogP contribution in [0.5, 0.6) is 0 Å². The molecule has 1 aliphatic rings. The molecule has 8 nitrogen and oxygen atoms in total. The van der Waals surface area contributed by atoms with Gasteiger partial charge in [0.25, 0.3) is 0 Å². The summed E-state index contributed by atoms with van der Waals surface area (Å²) < 4.78 is 1.40. The van der Waals surface area contributed by atoms with Crippen LogP contribution in [-0.4, -0.2) is 52.1 Å². The number of rotatable bonds is 4. The number of aromatic nitrogens is 3. The van der Waals surface area contributed by atoms with Gasteiger partial charge in [-0.3, -0.25) is 4.79 Å². The van der Waals surface area contributed by atoms with Crippen molar-refractivity contribution in [2.24, 2.45) is 0 Å². The fourth-order valence-electron chi connectivity index (χ4n) is 2.30. The third-order valence-corrected chi connectivity index (χ3v) is 3.27. The molecule has 104 valence electrons. The molecule has 1 fully saturated rings. The Kier molecular flexibility index (Phi) is 4.10. The molecule has 2 heterocycles. The van der Waals surface area contributed by atoms with Gasteiger partial charge in [-0.05, 0) is 25.9 Å². The summed E-state index contributed by atoms with van der Waals surface area (Å²) >= 11 is 0. The molecule has 19 heavy (non-hydrogen) atoms. The summed E-state index contributed by atoms with van der Waals surface area (Å²) in [5.41, 5.74) is 0.508. The van der Waals surface area contributed by atoms with Crippen molar-refractivity contribution in [1.29, 1.82) is 0 Å². The first kappa shape index (κ1) is 13.5. The highest BCUT2D eigenvalue weighted by molar-refractivity contribution is 5.87. The van der Waals surface area contributed by atoms with E-state index in [1.807, 2.05) is 0 Å². The maximum atomic E-state index is 11.4. The van der Waals surface area contributed by atoms with E-state index in [0.717, 1.165) is 25.9 Å². The van der Waals surface area contributed by atoms with Gasteiger partial charge in [0, 0.05) is 13.0 Å². The van der Waals surface area contributed by atoms with Crippen molar-refractivity contribution in [2.75, 3.05) is 20.1 Å². The maximum Gasteiger partial charge on any atom is 0.358 e. The summed E-state index contributed by atoms with van der Waals surface area (Å²) in [5, 5.41) is 22.4. The Morgan fingerprint density at radius 1 is 1.47 bits per heavy atom. The van der Waals surface area contributed by atoms with Crippen LogP contribution < -0.4 is 10.6 Å². The minimum Gasteiger partial charge on any atom is -0.476 e. The molecule has 1 aliphatic heterocycles. The van der Waals surface area contributed by atoms with Crippen LogP contribution in [0.3, 0.4) is 0 Å². The van der Waals surface area contributed by atoms with Crippen molar-refractivity contribution in [2.45, 2.75) is 25.3 Å². The molecule has 3 N–H and O–H groups in total. The molecule has 2 rings (SSSR count). The number of carbonyl (C=O) groups is 2. The highest BCUT2D eigenvalue weighted by atomic mass is 16.4. The van der Waals surface area contributed by atoms with Gasteiger partial charge < -0.3 is 15.7 Å². The predicted molar refractivity (Wildman–Crippen MR) is 65.9 cm³/mol. The van der Waals surface area contributed by atoms with Crippen LogP contribution in [0.15, 0.2) is 0 Å². The monoisotopic (exact) mass is 267 g/mol. The molecule has 1 saturated heterocycles. The quantitative estimate of drug-likeness (QED) is 0.658. The molecule has 0 aliphatic carbocycles. The molecule has 0 aromatic carbocycles. The fourth-order valence-corrected chi connectivity index (χ4v) is 2.30. The van der Waals surface area contributed by atoms with Crippen molar-refractivity contribution in [3.8, 4) is 0 Å². The molecule has 1 aromatic rings. The standard InChI is InChI=1S/C11H17N5O3/c1-12-8(17)6-16-10(7-2-4-13-5-3-7)9(11(18)19)14-15-16/h7,13H,2-6H2,1H3,(H,12,17)(H,18,19). The van der Waals surface area contributed by atoms with E-state index in [1.165, 1.54) is 11.7 Å². The number of piperidine rings is 1. The molecular formula is C11H17N5O3. The zero-order valence-electron chi connectivity index (χ0n) is 10.7. The molecule has 0 spiro atoms. The Morgan fingerprint density at radius 2 is 2.16 bits per heavy atom. The van der Waals surface area contributed by atoms with Gasteiger partial charge in [0.05, 0.1) is 5.69 Å². The molecule has 0 unspecified atom stereocenters. The van der Waals surface area contributed by atoms with E-state index in [9.17, 15) is 9.59 Å². The molecule has 0 radical (unpaired) electrons. The van der Waals surface area contributed by atoms with Crippen LogP contribution in [0.4, 0.5) is 0 Å². The minimum atomic E-state index is -1.10. The lowest BCUT2D eigenvalue weighted by Gasteiger charge is -2.23. The van der Waals surface area contributed by atoms with Crippen molar-refractivity contribution in [1.82, 2.24) is 25.6 Å². The van der Waals surface area contributed by atoms with Crippen molar-refractivity contribution in [3.05, 3.63) is 11.4 Å². The summed E-state index contributed by atoms with van der Waals surface area (Å²) in [7, 11) is 1.53. The number of hydrogen-bond donors (Lipinski definition) is 3. The van der Waals surface area contributed by atoms with E-state index in [0.29, 0.717) is 5.69 Å². The third-order valence-electron chi connectivity index (χ3n) is 3.27. The van der Waals surface area contributed by atoms with Crippen LogP contribution in [0.25, 0.3) is 0 Å². The topological polar surface area (TPSA) is 109 Å². The van der Waals surface area contributed by atoms with Gasteiger partial charge in [-0.25, -0.2) is 9.48 Å². The molecule has 0 atom stereocenters. The van der Waals surface area contributed by atoms with E-state index in [2.05, 4.69) is 20.9 Å². The van der Waals surface area contributed by atoms with Gasteiger partial charge in [0.15, 0.2) is 5.69 Å². The van der Waals surface area contributed by atoms with Crippen LogP contribution >= 0.6 is 0 Å². The first-order valence-corrected chi connectivity index (χ1v) is 6.21. The smallest absolute Gasteiger partial charge is 0.358 e. The summed E-state index contributed by atoms with van der Waals surface area (Å²) in [5.74, 6) is -1.25. The molecule has 0 bridgehead atoms. The molecule has 1 amide bonds. The fraction of sp³-hybridized carbons (Fsp3) is 0.636. The van der Waals surface area contributed by atoms with E-state index in [-0.39, 0.29) is 24.1 Å². The van der Waals surface area contributed by atoms with Gasteiger partial charge >= 0.3 is 5.97 Å². The lowest BCUT2D eigenvalue weighted by atomic mass is 9.93. The largest absolute Gasteiger partial charge is 0.476 e. The van der Waals surface area contributed by atoms with Crippen LogP contribution in [-0.2, 0) is 11.3 Å². The number of likely N-dealkylation sites (N-methyl/N-ethyl adjacent to an activating group) is 1. The van der Waals surface area contributed by atoms with Crippen molar-refractivity contribution in [3.63, 3.8) is 0 Å². The van der Waals surface area contributed by atoms with E-state index in [4.69, 9.17) is 5.11 Å². The van der Waals surface area contributed by atoms with Gasteiger partial charge in [0.2, 0.25) is 5.91 Å². The number of carboxylic acids is 1. The molecule has 8 heteroatoms. The number of nitrogens with zero attached hydrogens (tertiary/aromatic N) is 3. The van der Waals surface area contributed by atoms with Gasteiger partial charge in [-0.1, -0.05) is 5.21 Å². The Bertz CT molecular complexity index is 479. The number of hydrogen-bond acceptors (Lipinski definition) is 5. The SMILES string of the molecule is CNC(=O)Cn1nnc(C(=O)O)c1C1CCNCC1. The predicted octanol–water partition coefficient (Wildman–Crippen LogP) is -0.811. The molecular weight excluding hydrogens is 250 g/mol. The first-order valence-electron chi connectivity index (χ1n) is 6.21. The first-order chi connectivity index (χ1) is 9.13.